The predicted octanol–water partition coefficient (Wildman–Crippen LogP) is 9.48. The van der Waals surface area contributed by atoms with E-state index in [9.17, 15) is 0 Å². The first-order chi connectivity index (χ1) is 15.2. The Morgan fingerprint density at radius 1 is 0.677 bits per heavy atom. The number of hydrogen-bond acceptors (Lipinski definition) is 0. The molecule has 4 aromatic rings. The van der Waals surface area contributed by atoms with Gasteiger partial charge in [-0.25, -0.2) is 4.39 Å². The van der Waals surface area contributed by atoms with Crippen LogP contribution in [0.4, 0.5) is 4.39 Å². The van der Waals surface area contributed by atoms with E-state index in [-0.39, 0.29) is 5.82 Å². The molecule has 0 aliphatic rings. The Morgan fingerprint density at radius 3 is 2.10 bits per heavy atom. The third-order valence-corrected chi connectivity index (χ3v) is 6.22. The molecule has 0 aliphatic carbocycles. The van der Waals surface area contributed by atoms with E-state index in [1.54, 1.807) is 12.1 Å². The van der Waals surface area contributed by atoms with Crippen molar-refractivity contribution in [2.45, 2.75) is 45.4 Å². The summed E-state index contributed by atoms with van der Waals surface area (Å²) in [5, 5.41) is 2.20. The Hall–Kier alpha value is -2.64. The second-order valence-corrected chi connectivity index (χ2v) is 8.67. The van der Waals surface area contributed by atoms with Gasteiger partial charge in [0.2, 0.25) is 0 Å². The van der Waals surface area contributed by atoms with Crippen LogP contribution in [0.25, 0.3) is 33.0 Å². The zero-order valence-corrected chi connectivity index (χ0v) is 18.8. The monoisotopic (exact) mass is 430 g/mol. The van der Waals surface area contributed by atoms with Gasteiger partial charge in [-0.1, -0.05) is 105 Å². The van der Waals surface area contributed by atoms with Crippen molar-refractivity contribution >= 4 is 22.4 Å². The normalized spacial score (nSPS) is 11.2. The van der Waals surface area contributed by atoms with E-state index < -0.39 is 0 Å². The van der Waals surface area contributed by atoms with Crippen molar-refractivity contribution in [2.24, 2.45) is 0 Å². The fourth-order valence-electron chi connectivity index (χ4n) is 4.12. The highest BCUT2D eigenvalue weighted by Crippen LogP contribution is 2.32. The minimum Gasteiger partial charge on any atom is -0.206 e. The van der Waals surface area contributed by atoms with Crippen molar-refractivity contribution in [3.63, 3.8) is 0 Å². The largest absolute Gasteiger partial charge is 0.206 e. The number of aryl methyl sites for hydroxylation is 1. The van der Waals surface area contributed by atoms with Gasteiger partial charge in [-0.2, -0.15) is 0 Å². The number of hydrogen-bond donors (Lipinski definition) is 0. The summed E-state index contributed by atoms with van der Waals surface area (Å²) in [5.74, 6) is -0.190. The van der Waals surface area contributed by atoms with Gasteiger partial charge in [0, 0.05) is 16.0 Å². The van der Waals surface area contributed by atoms with Crippen molar-refractivity contribution in [2.75, 3.05) is 0 Å². The summed E-state index contributed by atoms with van der Waals surface area (Å²) >= 11 is 5.97. The van der Waals surface area contributed by atoms with E-state index in [2.05, 4.69) is 37.3 Å². The van der Waals surface area contributed by atoms with Gasteiger partial charge in [-0.3, -0.25) is 0 Å². The average Bonchev–Trinajstić information content (AvgIpc) is 2.80. The average molecular weight is 431 g/mol. The predicted molar refractivity (Wildman–Crippen MR) is 132 cm³/mol. The first-order valence-electron chi connectivity index (χ1n) is 11.2. The first-order valence-corrected chi connectivity index (χ1v) is 11.6. The lowest BCUT2D eigenvalue weighted by atomic mass is 9.96. The molecule has 0 nitrogen and oxygen atoms in total. The quantitative estimate of drug-likeness (QED) is 0.244. The molecule has 0 atom stereocenters. The molecule has 0 saturated heterocycles. The zero-order valence-electron chi connectivity index (χ0n) is 18.0. The molecular formula is C29H28ClF. The number of rotatable bonds is 8. The highest BCUT2D eigenvalue weighted by molar-refractivity contribution is 6.30. The SMILES string of the molecule is CCCCCCCc1ccc(-c2ccc3c(F)c(-c4ccc(Cl)cc4)ccc3c2)cc1. The summed E-state index contributed by atoms with van der Waals surface area (Å²) in [6.07, 6.45) is 7.66. The minimum atomic E-state index is -0.190. The molecule has 0 unspecified atom stereocenters. The molecular weight excluding hydrogens is 403 g/mol. The second-order valence-electron chi connectivity index (χ2n) is 8.23. The van der Waals surface area contributed by atoms with Crippen LogP contribution >= 0.6 is 11.6 Å². The summed E-state index contributed by atoms with van der Waals surface area (Å²) in [6.45, 7) is 2.25. The van der Waals surface area contributed by atoms with Gasteiger partial charge in [-0.05, 0) is 58.7 Å². The third kappa shape index (κ3) is 5.17. The standard InChI is InChI=1S/C29H28ClF/c1-2-3-4-5-6-7-21-8-10-22(11-9-21)24-14-18-28-25(20-24)15-19-27(29(28)31)23-12-16-26(30)17-13-23/h8-20H,2-7H2,1H3. The highest BCUT2D eigenvalue weighted by Gasteiger charge is 2.10. The fraction of sp³-hybridized carbons (Fsp3) is 0.241. The van der Waals surface area contributed by atoms with Crippen LogP contribution in [0.5, 0.6) is 0 Å². The summed E-state index contributed by atoms with van der Waals surface area (Å²) in [7, 11) is 0. The molecule has 0 N–H and O–H groups in total. The van der Waals surface area contributed by atoms with Gasteiger partial charge in [0.05, 0.1) is 0 Å². The summed E-state index contributed by atoms with van der Waals surface area (Å²) in [4.78, 5) is 0. The molecule has 0 amide bonds. The Balaban J connectivity index is 1.53. The van der Waals surface area contributed by atoms with Crippen LogP contribution in [0.3, 0.4) is 0 Å². The molecule has 4 rings (SSSR count). The van der Waals surface area contributed by atoms with Crippen LogP contribution in [0.2, 0.25) is 5.02 Å². The van der Waals surface area contributed by atoms with Crippen molar-refractivity contribution in [3.05, 3.63) is 95.3 Å². The Morgan fingerprint density at radius 2 is 1.35 bits per heavy atom. The summed E-state index contributed by atoms with van der Waals surface area (Å²) < 4.78 is 15.2. The maximum atomic E-state index is 15.2. The van der Waals surface area contributed by atoms with Crippen molar-refractivity contribution < 1.29 is 4.39 Å². The van der Waals surface area contributed by atoms with Crippen LogP contribution in [0.15, 0.2) is 78.9 Å². The topological polar surface area (TPSA) is 0 Å². The van der Waals surface area contributed by atoms with E-state index >= 15 is 4.39 Å². The van der Waals surface area contributed by atoms with Gasteiger partial charge in [0.1, 0.15) is 5.82 Å². The maximum absolute atomic E-state index is 15.2. The van der Waals surface area contributed by atoms with Gasteiger partial charge in [-0.15, -0.1) is 0 Å². The van der Waals surface area contributed by atoms with E-state index in [0.717, 1.165) is 22.9 Å². The van der Waals surface area contributed by atoms with Crippen LogP contribution < -0.4 is 0 Å². The van der Waals surface area contributed by atoms with E-state index in [0.29, 0.717) is 16.0 Å². The summed E-state index contributed by atoms with van der Waals surface area (Å²) in [6, 6.07) is 25.9. The minimum absolute atomic E-state index is 0.190. The van der Waals surface area contributed by atoms with Crippen molar-refractivity contribution in [1.82, 2.24) is 0 Å². The molecule has 0 fully saturated rings. The molecule has 4 aromatic carbocycles. The Labute approximate surface area is 189 Å². The molecule has 0 radical (unpaired) electrons. The van der Waals surface area contributed by atoms with E-state index in [1.165, 1.54) is 43.2 Å². The second kappa shape index (κ2) is 10.1. The van der Waals surface area contributed by atoms with Crippen LogP contribution in [-0.2, 0) is 6.42 Å². The highest BCUT2D eigenvalue weighted by atomic mass is 35.5. The number of fused-ring (bicyclic) bond motifs is 1. The molecule has 31 heavy (non-hydrogen) atoms. The molecule has 158 valence electrons. The smallest absolute Gasteiger partial charge is 0.138 e. The summed E-state index contributed by atoms with van der Waals surface area (Å²) in [5.41, 5.74) is 5.09. The van der Waals surface area contributed by atoms with Gasteiger partial charge < -0.3 is 0 Å². The van der Waals surface area contributed by atoms with Gasteiger partial charge in [0.25, 0.3) is 0 Å². The first kappa shape index (κ1) is 21.6. The van der Waals surface area contributed by atoms with Crippen LogP contribution in [0.1, 0.15) is 44.6 Å². The Bertz CT molecular complexity index is 1140. The van der Waals surface area contributed by atoms with Crippen molar-refractivity contribution in [1.29, 1.82) is 0 Å². The van der Waals surface area contributed by atoms with Crippen LogP contribution in [-0.4, -0.2) is 0 Å². The molecule has 0 bridgehead atoms. The Kier molecular flexibility index (Phi) is 7.04. The fourth-order valence-corrected chi connectivity index (χ4v) is 4.25. The lowest BCUT2D eigenvalue weighted by Crippen LogP contribution is -1.89. The van der Waals surface area contributed by atoms with E-state index in [1.807, 2.05) is 36.4 Å². The number of benzene rings is 4. The van der Waals surface area contributed by atoms with E-state index in [4.69, 9.17) is 11.6 Å². The van der Waals surface area contributed by atoms with Crippen LogP contribution in [0, 0.1) is 5.82 Å². The van der Waals surface area contributed by atoms with Crippen molar-refractivity contribution in [3.8, 4) is 22.3 Å². The molecule has 0 aliphatic heterocycles. The lowest BCUT2D eigenvalue weighted by molar-refractivity contribution is 0.632. The number of halogens is 2. The molecule has 0 heterocycles. The van der Waals surface area contributed by atoms with Gasteiger partial charge >= 0.3 is 0 Å². The number of unbranched alkanes of at least 4 members (excludes halogenated alkanes) is 4. The third-order valence-electron chi connectivity index (χ3n) is 5.97. The maximum Gasteiger partial charge on any atom is 0.138 e. The van der Waals surface area contributed by atoms with Gasteiger partial charge in [0.15, 0.2) is 0 Å². The molecule has 2 heteroatoms. The lowest BCUT2D eigenvalue weighted by Gasteiger charge is -2.10. The molecule has 0 saturated carbocycles. The molecule has 0 spiro atoms. The zero-order chi connectivity index (χ0) is 21.6. The molecule has 0 aromatic heterocycles.